The van der Waals surface area contributed by atoms with Crippen LogP contribution in [-0.2, 0) is 10.3 Å². The van der Waals surface area contributed by atoms with E-state index in [0.29, 0.717) is 11.3 Å². The number of rotatable bonds is 3. The van der Waals surface area contributed by atoms with E-state index in [4.69, 9.17) is 10.5 Å². The van der Waals surface area contributed by atoms with Gasteiger partial charge in [-0.05, 0) is 6.07 Å². The Morgan fingerprint density at radius 3 is 2.73 bits per heavy atom. The summed E-state index contributed by atoms with van der Waals surface area (Å²) in [6.45, 7) is -0.717. The summed E-state index contributed by atoms with van der Waals surface area (Å²) in [5.41, 5.74) is 5.39. The SMILES string of the molecule is NC1=N[C@@]2(c3cc(-c4cncnc4)c(F)cc3F)CO[C@H](CF)[C@H]2CS1. The summed E-state index contributed by atoms with van der Waals surface area (Å²) < 4.78 is 48.1. The first-order valence-electron chi connectivity index (χ1n) is 7.96. The van der Waals surface area contributed by atoms with Gasteiger partial charge >= 0.3 is 0 Å². The average Bonchev–Trinajstić information content (AvgIpc) is 3.01. The number of ether oxygens (including phenoxy) is 1. The molecule has 0 saturated carbocycles. The zero-order chi connectivity index (χ0) is 18.3. The van der Waals surface area contributed by atoms with E-state index in [-0.39, 0.29) is 22.9 Å². The first-order chi connectivity index (χ1) is 12.5. The van der Waals surface area contributed by atoms with Crippen molar-refractivity contribution in [2.45, 2.75) is 11.6 Å². The van der Waals surface area contributed by atoms with Gasteiger partial charge in [0.1, 0.15) is 30.2 Å². The van der Waals surface area contributed by atoms with E-state index in [1.54, 1.807) is 0 Å². The number of halogens is 3. The van der Waals surface area contributed by atoms with Crippen molar-refractivity contribution < 1.29 is 17.9 Å². The van der Waals surface area contributed by atoms with Gasteiger partial charge in [-0.1, -0.05) is 11.8 Å². The zero-order valence-corrected chi connectivity index (χ0v) is 14.3. The van der Waals surface area contributed by atoms with Gasteiger partial charge in [0.15, 0.2) is 5.17 Å². The van der Waals surface area contributed by atoms with Crippen molar-refractivity contribution in [3.8, 4) is 11.1 Å². The summed E-state index contributed by atoms with van der Waals surface area (Å²) in [6.07, 6.45) is 3.49. The number of alkyl halides is 1. The minimum atomic E-state index is -1.17. The molecule has 2 aromatic rings. The van der Waals surface area contributed by atoms with E-state index in [9.17, 15) is 13.2 Å². The molecule has 0 aliphatic carbocycles. The summed E-state index contributed by atoms with van der Waals surface area (Å²) in [4.78, 5) is 12.2. The van der Waals surface area contributed by atoms with E-state index in [2.05, 4.69) is 15.0 Å². The molecule has 9 heteroatoms. The van der Waals surface area contributed by atoms with E-state index in [0.717, 1.165) is 6.07 Å². The van der Waals surface area contributed by atoms with Crippen LogP contribution in [0.15, 0.2) is 35.8 Å². The maximum atomic E-state index is 14.8. The highest BCUT2D eigenvalue weighted by molar-refractivity contribution is 8.13. The molecule has 3 heterocycles. The monoisotopic (exact) mass is 380 g/mol. The Bertz CT molecular complexity index is 867. The molecule has 0 bridgehead atoms. The molecule has 0 radical (unpaired) electrons. The predicted octanol–water partition coefficient (Wildman–Crippen LogP) is 2.66. The number of benzene rings is 1. The van der Waals surface area contributed by atoms with Crippen LogP contribution in [-0.4, -0.2) is 40.3 Å². The number of aliphatic imine (C=N–C) groups is 1. The van der Waals surface area contributed by atoms with Crippen molar-refractivity contribution in [2.75, 3.05) is 19.0 Å². The van der Waals surface area contributed by atoms with E-state index >= 15 is 0 Å². The number of aromatic nitrogens is 2. The summed E-state index contributed by atoms with van der Waals surface area (Å²) in [7, 11) is 0. The molecule has 0 amide bonds. The highest BCUT2D eigenvalue weighted by Gasteiger charge is 2.54. The lowest BCUT2D eigenvalue weighted by Crippen LogP contribution is -2.42. The molecule has 3 atom stereocenters. The Morgan fingerprint density at radius 2 is 2.00 bits per heavy atom. The summed E-state index contributed by atoms with van der Waals surface area (Å²) in [5, 5.41) is 0.276. The Morgan fingerprint density at radius 1 is 1.23 bits per heavy atom. The predicted molar refractivity (Wildman–Crippen MR) is 92.3 cm³/mol. The standard InChI is InChI=1S/C17H15F3N4OS/c18-3-15-12-6-26-16(21)24-17(12,7-25-15)11-1-10(13(19)2-14(11)20)9-4-22-8-23-5-9/h1-2,4-5,8,12,15H,3,6-7H2,(H2,21,24)/t12-,15-,17-/m1/s1. The Labute approximate surface area is 151 Å². The maximum absolute atomic E-state index is 14.8. The smallest absolute Gasteiger partial charge is 0.154 e. The number of hydrogen-bond acceptors (Lipinski definition) is 6. The first kappa shape index (κ1) is 17.3. The fraction of sp³-hybridized carbons (Fsp3) is 0.353. The average molecular weight is 380 g/mol. The van der Waals surface area contributed by atoms with Gasteiger partial charge in [0.2, 0.25) is 0 Å². The second-order valence-corrected chi connectivity index (χ2v) is 7.27. The third kappa shape index (κ3) is 2.66. The highest BCUT2D eigenvalue weighted by Crippen LogP contribution is 2.49. The molecule has 2 aliphatic heterocycles. The zero-order valence-electron chi connectivity index (χ0n) is 13.5. The summed E-state index contributed by atoms with van der Waals surface area (Å²) >= 11 is 1.28. The molecular formula is C17H15F3N4OS. The van der Waals surface area contributed by atoms with Crippen LogP contribution in [0, 0.1) is 17.6 Å². The van der Waals surface area contributed by atoms with E-state index in [1.807, 2.05) is 0 Å². The van der Waals surface area contributed by atoms with Crippen LogP contribution < -0.4 is 5.73 Å². The Balaban J connectivity index is 1.90. The van der Waals surface area contributed by atoms with Crippen LogP contribution in [0.5, 0.6) is 0 Å². The molecule has 26 heavy (non-hydrogen) atoms. The van der Waals surface area contributed by atoms with Gasteiger partial charge in [-0.2, -0.15) is 0 Å². The maximum Gasteiger partial charge on any atom is 0.154 e. The third-order valence-corrected chi connectivity index (χ3v) is 5.76. The quantitative estimate of drug-likeness (QED) is 0.886. The summed E-state index contributed by atoms with van der Waals surface area (Å²) in [6, 6.07) is 2.19. The second-order valence-electron chi connectivity index (χ2n) is 6.23. The first-order valence-corrected chi connectivity index (χ1v) is 8.94. The molecule has 0 unspecified atom stereocenters. The lowest BCUT2D eigenvalue weighted by molar-refractivity contribution is 0.0721. The van der Waals surface area contributed by atoms with E-state index < -0.39 is 35.9 Å². The number of nitrogens with zero attached hydrogens (tertiary/aromatic N) is 3. The van der Waals surface area contributed by atoms with Gasteiger partial charge in [-0.15, -0.1) is 0 Å². The van der Waals surface area contributed by atoms with Crippen molar-refractivity contribution in [3.05, 3.63) is 48.1 Å². The lowest BCUT2D eigenvalue weighted by atomic mass is 9.78. The summed E-state index contributed by atoms with van der Waals surface area (Å²) in [5.74, 6) is -1.45. The molecule has 2 aliphatic rings. The van der Waals surface area contributed by atoms with Crippen molar-refractivity contribution in [1.29, 1.82) is 0 Å². The van der Waals surface area contributed by atoms with Crippen molar-refractivity contribution in [3.63, 3.8) is 0 Å². The van der Waals surface area contributed by atoms with Crippen molar-refractivity contribution in [1.82, 2.24) is 9.97 Å². The van der Waals surface area contributed by atoms with Gasteiger partial charge in [-0.3, -0.25) is 0 Å². The molecule has 1 aromatic heterocycles. The molecular weight excluding hydrogens is 365 g/mol. The molecule has 1 saturated heterocycles. The van der Waals surface area contributed by atoms with Gasteiger partial charge in [0, 0.05) is 46.8 Å². The number of nitrogens with two attached hydrogens (primary N) is 1. The van der Waals surface area contributed by atoms with Gasteiger partial charge in [0.05, 0.1) is 12.7 Å². The fourth-order valence-electron chi connectivity index (χ4n) is 3.56. The highest BCUT2D eigenvalue weighted by atomic mass is 32.2. The number of amidine groups is 1. The Kier molecular flexibility index (Phi) is 4.36. The minimum absolute atomic E-state index is 0.0131. The van der Waals surface area contributed by atoms with Gasteiger partial charge in [-0.25, -0.2) is 28.1 Å². The van der Waals surface area contributed by atoms with Crippen molar-refractivity contribution in [2.24, 2.45) is 16.6 Å². The molecule has 1 fully saturated rings. The molecule has 0 spiro atoms. The van der Waals surface area contributed by atoms with Crippen LogP contribution >= 0.6 is 11.8 Å². The number of hydrogen-bond donors (Lipinski definition) is 1. The van der Waals surface area contributed by atoms with Crippen LogP contribution in [0.4, 0.5) is 13.2 Å². The topological polar surface area (TPSA) is 73.4 Å². The van der Waals surface area contributed by atoms with Gasteiger partial charge in [0.25, 0.3) is 0 Å². The lowest BCUT2D eigenvalue weighted by Gasteiger charge is -2.35. The Hall–Kier alpha value is -2.13. The molecule has 4 rings (SSSR count). The second kappa shape index (κ2) is 6.55. The van der Waals surface area contributed by atoms with E-state index in [1.165, 1.54) is 36.5 Å². The molecule has 2 N–H and O–H groups in total. The minimum Gasteiger partial charge on any atom is -0.379 e. The van der Waals surface area contributed by atoms with Crippen LogP contribution in [0.2, 0.25) is 0 Å². The fourth-order valence-corrected chi connectivity index (χ4v) is 4.63. The molecule has 136 valence electrons. The molecule has 1 aromatic carbocycles. The van der Waals surface area contributed by atoms with Crippen LogP contribution in [0.3, 0.4) is 0 Å². The number of thioether (sulfide) groups is 1. The van der Waals surface area contributed by atoms with Crippen LogP contribution in [0.25, 0.3) is 11.1 Å². The van der Waals surface area contributed by atoms with Gasteiger partial charge < -0.3 is 10.5 Å². The van der Waals surface area contributed by atoms with Crippen LogP contribution in [0.1, 0.15) is 5.56 Å². The van der Waals surface area contributed by atoms with Crippen molar-refractivity contribution >= 4 is 16.9 Å². The molecule has 5 nitrogen and oxygen atoms in total. The normalized spacial score (nSPS) is 27.9. The third-order valence-electron chi connectivity index (χ3n) is 4.85. The largest absolute Gasteiger partial charge is 0.379 e. The number of fused-ring (bicyclic) bond motifs is 1.